The zero-order chi connectivity index (χ0) is 9.30. The van der Waals surface area contributed by atoms with Crippen molar-refractivity contribution in [1.82, 2.24) is 0 Å². The van der Waals surface area contributed by atoms with Gasteiger partial charge in [0, 0.05) is 5.97 Å². The fraction of sp³-hybridized carbons (Fsp3) is 0.500. The van der Waals surface area contributed by atoms with Crippen LogP contribution in [0.25, 0.3) is 0 Å². The molecule has 0 aromatic rings. The average Bonchev–Trinajstić information content (AvgIpc) is 2.31. The van der Waals surface area contributed by atoms with Gasteiger partial charge in [-0.05, 0) is 0 Å². The Hall–Kier alpha value is -1.59. The highest BCUT2D eigenvalue weighted by molar-refractivity contribution is 5.89. The molecular formula is C6H4O6-2. The molecule has 0 aromatic heterocycles. The Labute approximate surface area is 66.7 Å². The molecular weight excluding hydrogens is 168 g/mol. The van der Waals surface area contributed by atoms with Gasteiger partial charge in [-0.25, -0.2) is 0 Å². The van der Waals surface area contributed by atoms with Crippen molar-refractivity contribution in [2.75, 3.05) is 0 Å². The second-order valence-electron chi connectivity index (χ2n) is 2.36. The van der Waals surface area contributed by atoms with Crippen LogP contribution in [0.2, 0.25) is 0 Å². The first-order valence-electron chi connectivity index (χ1n) is 3.13. The van der Waals surface area contributed by atoms with Crippen molar-refractivity contribution in [3.63, 3.8) is 0 Å². The highest BCUT2D eigenvalue weighted by atomic mass is 16.6. The van der Waals surface area contributed by atoms with E-state index in [1.165, 1.54) is 0 Å². The van der Waals surface area contributed by atoms with Crippen molar-refractivity contribution in [3.8, 4) is 0 Å². The first-order chi connectivity index (χ1) is 5.52. The normalized spacial score (nSPS) is 28.2. The van der Waals surface area contributed by atoms with E-state index in [0.717, 1.165) is 0 Å². The summed E-state index contributed by atoms with van der Waals surface area (Å²) in [7, 11) is 0. The SMILES string of the molecule is O=C1C[C@H](C(=O)[O-])[C@@H](C(=O)[O-])O1. The number of carboxylic acid groups (broad SMARTS) is 2. The third-order valence-corrected chi connectivity index (χ3v) is 1.55. The summed E-state index contributed by atoms with van der Waals surface area (Å²) in [6.45, 7) is 0. The summed E-state index contributed by atoms with van der Waals surface area (Å²) in [6.07, 6.45) is -2.18. The zero-order valence-electron chi connectivity index (χ0n) is 5.81. The molecule has 0 saturated carbocycles. The van der Waals surface area contributed by atoms with Crippen molar-refractivity contribution in [2.45, 2.75) is 12.5 Å². The first-order valence-corrected chi connectivity index (χ1v) is 3.13. The van der Waals surface area contributed by atoms with Crippen LogP contribution in [-0.2, 0) is 19.1 Å². The van der Waals surface area contributed by atoms with Crippen molar-refractivity contribution < 1.29 is 29.3 Å². The van der Waals surface area contributed by atoms with Crippen molar-refractivity contribution in [1.29, 1.82) is 0 Å². The molecule has 6 nitrogen and oxygen atoms in total. The molecule has 0 unspecified atom stereocenters. The molecule has 0 bridgehead atoms. The largest absolute Gasteiger partial charge is 0.550 e. The molecule has 1 rings (SSSR count). The number of aliphatic carboxylic acids is 2. The van der Waals surface area contributed by atoms with E-state index in [9.17, 15) is 24.6 Å². The molecule has 0 spiro atoms. The lowest BCUT2D eigenvalue weighted by atomic mass is 10.0. The van der Waals surface area contributed by atoms with E-state index >= 15 is 0 Å². The van der Waals surface area contributed by atoms with Gasteiger partial charge >= 0.3 is 5.97 Å². The van der Waals surface area contributed by atoms with Gasteiger partial charge < -0.3 is 24.5 Å². The summed E-state index contributed by atoms with van der Waals surface area (Å²) >= 11 is 0. The third-order valence-electron chi connectivity index (χ3n) is 1.55. The lowest BCUT2D eigenvalue weighted by Gasteiger charge is -2.18. The molecule has 1 aliphatic heterocycles. The summed E-state index contributed by atoms with van der Waals surface area (Å²) in [5.41, 5.74) is 0. The Morgan fingerprint density at radius 2 is 1.92 bits per heavy atom. The van der Waals surface area contributed by atoms with E-state index in [1.807, 2.05) is 0 Å². The van der Waals surface area contributed by atoms with Crippen LogP contribution in [0.1, 0.15) is 6.42 Å². The maximum atomic E-state index is 10.5. The van der Waals surface area contributed by atoms with Crippen molar-refractivity contribution >= 4 is 17.9 Å². The highest BCUT2D eigenvalue weighted by Gasteiger charge is 2.36. The molecule has 0 radical (unpaired) electrons. The van der Waals surface area contributed by atoms with E-state index in [2.05, 4.69) is 4.74 Å². The van der Waals surface area contributed by atoms with Crippen LogP contribution in [0.4, 0.5) is 0 Å². The van der Waals surface area contributed by atoms with Crippen LogP contribution in [-0.4, -0.2) is 24.0 Å². The Balaban J connectivity index is 2.79. The summed E-state index contributed by atoms with van der Waals surface area (Å²) in [4.78, 5) is 30.9. The van der Waals surface area contributed by atoms with Gasteiger partial charge in [0.15, 0.2) is 0 Å². The number of hydrogen-bond acceptors (Lipinski definition) is 6. The molecule has 66 valence electrons. The van der Waals surface area contributed by atoms with Crippen molar-refractivity contribution in [2.24, 2.45) is 5.92 Å². The minimum Gasteiger partial charge on any atom is -0.550 e. The fourth-order valence-corrected chi connectivity index (χ4v) is 0.978. The number of carboxylic acids is 2. The van der Waals surface area contributed by atoms with Gasteiger partial charge in [-0.1, -0.05) is 0 Å². The average molecular weight is 172 g/mol. The molecule has 0 amide bonds. The molecule has 0 aliphatic carbocycles. The van der Waals surface area contributed by atoms with Gasteiger partial charge in [-0.2, -0.15) is 0 Å². The number of carbonyl (C=O) groups excluding carboxylic acids is 3. The maximum absolute atomic E-state index is 10.5. The molecule has 1 heterocycles. The molecule has 6 heteroatoms. The number of ether oxygens (including phenoxy) is 1. The standard InChI is InChI=1S/C6H6O6/c7-3-1-2(5(8)9)4(12-3)6(10)11/h2,4H,1H2,(H,8,9)(H,10,11)/p-2/t2-,4-/m0/s1. The molecule has 1 saturated heterocycles. The molecule has 0 N–H and O–H groups in total. The van der Waals surface area contributed by atoms with E-state index in [1.54, 1.807) is 0 Å². The summed E-state index contributed by atoms with van der Waals surface area (Å²) in [5.74, 6) is -5.62. The molecule has 12 heavy (non-hydrogen) atoms. The van der Waals surface area contributed by atoms with E-state index in [-0.39, 0.29) is 0 Å². The Kier molecular flexibility index (Phi) is 1.99. The van der Waals surface area contributed by atoms with Crippen LogP contribution in [0, 0.1) is 5.92 Å². The van der Waals surface area contributed by atoms with Crippen LogP contribution < -0.4 is 10.2 Å². The quantitative estimate of drug-likeness (QED) is 0.398. The van der Waals surface area contributed by atoms with Gasteiger partial charge in [0.25, 0.3) is 0 Å². The van der Waals surface area contributed by atoms with Crippen LogP contribution in [0.3, 0.4) is 0 Å². The zero-order valence-corrected chi connectivity index (χ0v) is 5.81. The maximum Gasteiger partial charge on any atom is 0.307 e. The van der Waals surface area contributed by atoms with Crippen molar-refractivity contribution in [3.05, 3.63) is 0 Å². The molecule has 2 atom stereocenters. The number of carbonyl (C=O) groups is 3. The minimum absolute atomic E-state index is 0.471. The smallest absolute Gasteiger partial charge is 0.307 e. The predicted octanol–water partition coefficient (Wildman–Crippen LogP) is -3.58. The molecule has 1 aliphatic rings. The minimum atomic E-state index is -1.71. The number of esters is 1. The Bertz CT molecular complexity index is 220. The fourth-order valence-electron chi connectivity index (χ4n) is 0.978. The first kappa shape index (κ1) is 8.51. The Morgan fingerprint density at radius 3 is 2.25 bits per heavy atom. The number of rotatable bonds is 2. The van der Waals surface area contributed by atoms with Crippen LogP contribution in [0.15, 0.2) is 0 Å². The number of hydrogen-bond donors (Lipinski definition) is 0. The van der Waals surface area contributed by atoms with Gasteiger partial charge in [0.1, 0.15) is 6.10 Å². The summed E-state index contributed by atoms with van der Waals surface area (Å²) in [6, 6.07) is 0. The second-order valence-corrected chi connectivity index (χ2v) is 2.36. The number of cyclic esters (lactones) is 1. The molecule has 0 aromatic carbocycles. The third kappa shape index (κ3) is 1.36. The van der Waals surface area contributed by atoms with Gasteiger partial charge in [-0.3, -0.25) is 4.79 Å². The van der Waals surface area contributed by atoms with Gasteiger partial charge in [0.2, 0.25) is 0 Å². The lowest BCUT2D eigenvalue weighted by molar-refractivity contribution is -0.327. The summed E-state index contributed by atoms with van der Waals surface area (Å²) in [5, 5.41) is 20.4. The lowest BCUT2D eigenvalue weighted by Crippen LogP contribution is -2.45. The predicted molar refractivity (Wildman–Crippen MR) is 28.0 cm³/mol. The van der Waals surface area contributed by atoms with Crippen LogP contribution >= 0.6 is 0 Å². The highest BCUT2D eigenvalue weighted by Crippen LogP contribution is 2.20. The monoisotopic (exact) mass is 172 g/mol. The van der Waals surface area contributed by atoms with Crippen LogP contribution in [0.5, 0.6) is 0 Å². The molecule has 1 fully saturated rings. The van der Waals surface area contributed by atoms with E-state index < -0.39 is 36.4 Å². The Morgan fingerprint density at radius 1 is 1.33 bits per heavy atom. The van der Waals surface area contributed by atoms with E-state index in [0.29, 0.717) is 0 Å². The van der Waals surface area contributed by atoms with E-state index in [4.69, 9.17) is 0 Å². The topological polar surface area (TPSA) is 107 Å². The summed E-state index contributed by atoms with van der Waals surface area (Å²) < 4.78 is 4.17. The van der Waals surface area contributed by atoms with Gasteiger partial charge in [0.05, 0.1) is 18.3 Å². The van der Waals surface area contributed by atoms with Gasteiger partial charge in [-0.15, -0.1) is 0 Å². The second kappa shape index (κ2) is 2.80.